The van der Waals surface area contributed by atoms with Crippen molar-refractivity contribution >= 4 is 17.5 Å². The molecule has 6 nitrogen and oxygen atoms in total. The molecule has 6 heteroatoms. The maximum absolute atomic E-state index is 13.6. The van der Waals surface area contributed by atoms with Crippen molar-refractivity contribution < 1.29 is 19.1 Å². The molecule has 0 aromatic heterocycles. The van der Waals surface area contributed by atoms with Gasteiger partial charge in [0.1, 0.15) is 5.75 Å². The van der Waals surface area contributed by atoms with Gasteiger partial charge in [0.2, 0.25) is 5.91 Å². The normalized spacial score (nSPS) is 18.6. The second kappa shape index (κ2) is 11.3. The summed E-state index contributed by atoms with van der Waals surface area (Å²) in [6, 6.07) is 15.0. The number of para-hydroxylation sites is 1. The van der Waals surface area contributed by atoms with E-state index in [1.54, 1.807) is 13.2 Å². The molecular weight excluding hydrogens is 416 g/mol. The summed E-state index contributed by atoms with van der Waals surface area (Å²) in [6.07, 6.45) is 7.32. The van der Waals surface area contributed by atoms with E-state index in [4.69, 9.17) is 9.47 Å². The lowest BCUT2D eigenvalue weighted by Crippen LogP contribution is -2.37. The van der Waals surface area contributed by atoms with E-state index < -0.39 is 0 Å². The van der Waals surface area contributed by atoms with Gasteiger partial charge in [-0.15, -0.1) is 0 Å². The number of hydrogen-bond acceptors (Lipinski definition) is 4. The standard InChI is InChI=1S/C27H34N2O4/c1-32-25-15-6-5-11-22(25)18-29(19-24-14-8-16-33-24)27(31)21-12-7-13-23(17-21)28-26(30)20-9-3-2-4-10-20/h5-7,11-13,15,17,20,24H,2-4,8-10,14,16,18-19H2,1H3,(H,28,30). The maximum Gasteiger partial charge on any atom is 0.254 e. The van der Waals surface area contributed by atoms with Crippen LogP contribution < -0.4 is 10.1 Å². The first-order valence-electron chi connectivity index (χ1n) is 12.1. The summed E-state index contributed by atoms with van der Waals surface area (Å²) in [5, 5.41) is 3.03. The zero-order valence-corrected chi connectivity index (χ0v) is 19.4. The molecule has 33 heavy (non-hydrogen) atoms. The Kier molecular flexibility index (Phi) is 8.00. The van der Waals surface area contributed by atoms with Crippen LogP contribution in [0.2, 0.25) is 0 Å². The molecule has 2 aromatic rings. The fraction of sp³-hybridized carbons (Fsp3) is 0.481. The molecule has 0 bridgehead atoms. The summed E-state index contributed by atoms with van der Waals surface area (Å²) >= 11 is 0. The predicted octanol–water partition coefficient (Wildman–Crippen LogP) is 5.04. The lowest BCUT2D eigenvalue weighted by Gasteiger charge is -2.26. The number of carbonyl (C=O) groups excluding carboxylic acids is 2. The minimum atomic E-state index is -0.0785. The monoisotopic (exact) mass is 450 g/mol. The molecule has 2 fully saturated rings. The Balaban J connectivity index is 1.51. The number of amides is 2. The Hall–Kier alpha value is -2.86. The van der Waals surface area contributed by atoms with Crippen molar-refractivity contribution in [3.8, 4) is 5.75 Å². The number of carbonyl (C=O) groups is 2. The highest BCUT2D eigenvalue weighted by molar-refractivity contribution is 5.97. The van der Waals surface area contributed by atoms with Gasteiger partial charge in [-0.1, -0.05) is 43.5 Å². The van der Waals surface area contributed by atoms with E-state index in [0.29, 0.717) is 24.3 Å². The first kappa shape index (κ1) is 23.3. The van der Waals surface area contributed by atoms with Crippen LogP contribution >= 0.6 is 0 Å². The minimum absolute atomic E-state index is 0.0397. The van der Waals surface area contributed by atoms with Gasteiger partial charge in [0.05, 0.1) is 13.2 Å². The number of methoxy groups -OCH3 is 1. The molecule has 2 aliphatic rings. The first-order chi connectivity index (χ1) is 16.1. The predicted molar refractivity (Wildman–Crippen MR) is 128 cm³/mol. The van der Waals surface area contributed by atoms with E-state index in [-0.39, 0.29) is 23.8 Å². The summed E-state index contributed by atoms with van der Waals surface area (Å²) in [5.41, 5.74) is 2.18. The van der Waals surface area contributed by atoms with E-state index in [1.165, 1.54) is 6.42 Å². The fourth-order valence-corrected chi connectivity index (χ4v) is 4.81. The molecule has 1 heterocycles. The van der Waals surface area contributed by atoms with Crippen molar-refractivity contribution in [1.29, 1.82) is 0 Å². The number of anilines is 1. The third-order valence-corrected chi connectivity index (χ3v) is 6.64. The van der Waals surface area contributed by atoms with Crippen LogP contribution in [0.15, 0.2) is 48.5 Å². The summed E-state index contributed by atoms with van der Waals surface area (Å²) in [4.78, 5) is 28.1. The van der Waals surface area contributed by atoms with Crippen molar-refractivity contribution in [3.63, 3.8) is 0 Å². The van der Waals surface area contributed by atoms with Gasteiger partial charge in [-0.3, -0.25) is 9.59 Å². The van der Waals surface area contributed by atoms with Crippen molar-refractivity contribution in [3.05, 3.63) is 59.7 Å². The quantitative estimate of drug-likeness (QED) is 0.612. The Bertz CT molecular complexity index is 949. The molecule has 4 rings (SSSR count). The average Bonchev–Trinajstić information content (AvgIpc) is 3.37. The third kappa shape index (κ3) is 6.14. The Morgan fingerprint density at radius 2 is 1.85 bits per heavy atom. The average molecular weight is 451 g/mol. The summed E-state index contributed by atoms with van der Waals surface area (Å²) in [7, 11) is 1.64. The molecule has 1 N–H and O–H groups in total. The molecule has 0 radical (unpaired) electrons. The molecule has 2 amide bonds. The van der Waals surface area contributed by atoms with Gasteiger partial charge in [0.25, 0.3) is 5.91 Å². The molecular formula is C27H34N2O4. The minimum Gasteiger partial charge on any atom is -0.496 e. The second-order valence-electron chi connectivity index (χ2n) is 9.04. The Morgan fingerprint density at radius 1 is 1.03 bits per heavy atom. The summed E-state index contributed by atoms with van der Waals surface area (Å²) in [5.74, 6) is 0.811. The van der Waals surface area contributed by atoms with Crippen LogP contribution in [-0.4, -0.2) is 43.1 Å². The smallest absolute Gasteiger partial charge is 0.254 e. The van der Waals surface area contributed by atoms with E-state index >= 15 is 0 Å². The maximum atomic E-state index is 13.6. The Morgan fingerprint density at radius 3 is 2.61 bits per heavy atom. The number of benzene rings is 2. The van der Waals surface area contributed by atoms with Gasteiger partial charge in [0, 0.05) is 42.4 Å². The Labute approximate surface area is 196 Å². The fourth-order valence-electron chi connectivity index (χ4n) is 4.81. The third-order valence-electron chi connectivity index (χ3n) is 6.64. The zero-order valence-electron chi connectivity index (χ0n) is 19.4. The highest BCUT2D eigenvalue weighted by Gasteiger charge is 2.25. The second-order valence-corrected chi connectivity index (χ2v) is 9.04. The molecule has 176 valence electrons. The number of nitrogens with zero attached hydrogens (tertiary/aromatic N) is 1. The largest absolute Gasteiger partial charge is 0.496 e. The van der Waals surface area contributed by atoms with Gasteiger partial charge < -0.3 is 19.7 Å². The lowest BCUT2D eigenvalue weighted by molar-refractivity contribution is -0.120. The van der Waals surface area contributed by atoms with Gasteiger partial charge in [0.15, 0.2) is 0 Å². The van der Waals surface area contributed by atoms with Crippen LogP contribution in [0, 0.1) is 5.92 Å². The molecule has 1 aliphatic carbocycles. The first-order valence-corrected chi connectivity index (χ1v) is 12.1. The van der Waals surface area contributed by atoms with E-state index in [2.05, 4.69) is 5.32 Å². The van der Waals surface area contributed by atoms with E-state index in [0.717, 1.165) is 56.4 Å². The molecule has 0 spiro atoms. The van der Waals surface area contributed by atoms with Crippen LogP contribution in [-0.2, 0) is 16.1 Å². The molecule has 1 saturated carbocycles. The highest BCUT2D eigenvalue weighted by atomic mass is 16.5. The topological polar surface area (TPSA) is 67.9 Å². The van der Waals surface area contributed by atoms with Gasteiger partial charge in [-0.05, 0) is 49.9 Å². The number of ether oxygens (including phenoxy) is 2. The highest BCUT2D eigenvalue weighted by Crippen LogP contribution is 2.26. The van der Waals surface area contributed by atoms with Crippen molar-refractivity contribution in [2.24, 2.45) is 5.92 Å². The van der Waals surface area contributed by atoms with E-state index in [9.17, 15) is 9.59 Å². The summed E-state index contributed by atoms with van der Waals surface area (Å²) in [6.45, 7) is 1.70. The van der Waals surface area contributed by atoms with Crippen LogP contribution in [0.4, 0.5) is 5.69 Å². The van der Waals surface area contributed by atoms with Gasteiger partial charge in [-0.2, -0.15) is 0 Å². The van der Waals surface area contributed by atoms with Crippen LogP contribution in [0.1, 0.15) is 60.9 Å². The number of nitrogens with one attached hydrogen (secondary N) is 1. The number of hydrogen-bond donors (Lipinski definition) is 1. The van der Waals surface area contributed by atoms with Crippen molar-refractivity contribution in [1.82, 2.24) is 4.90 Å². The molecule has 1 unspecified atom stereocenters. The molecule has 1 saturated heterocycles. The summed E-state index contributed by atoms with van der Waals surface area (Å²) < 4.78 is 11.3. The SMILES string of the molecule is COc1ccccc1CN(CC1CCCO1)C(=O)c1cccc(NC(=O)C2CCCCC2)c1. The number of rotatable bonds is 8. The molecule has 2 aromatic carbocycles. The molecule has 1 atom stereocenters. The van der Waals surface area contributed by atoms with Gasteiger partial charge in [-0.25, -0.2) is 0 Å². The molecule has 1 aliphatic heterocycles. The van der Waals surface area contributed by atoms with Crippen molar-refractivity contribution in [2.75, 3.05) is 25.6 Å². The lowest BCUT2D eigenvalue weighted by atomic mass is 9.88. The zero-order chi connectivity index (χ0) is 23.0. The van der Waals surface area contributed by atoms with E-state index in [1.807, 2.05) is 47.4 Å². The van der Waals surface area contributed by atoms with Crippen LogP contribution in [0.3, 0.4) is 0 Å². The van der Waals surface area contributed by atoms with Crippen molar-refractivity contribution in [2.45, 2.75) is 57.6 Å². The van der Waals surface area contributed by atoms with Crippen LogP contribution in [0.25, 0.3) is 0 Å². The van der Waals surface area contributed by atoms with Gasteiger partial charge >= 0.3 is 0 Å². The van der Waals surface area contributed by atoms with Crippen LogP contribution in [0.5, 0.6) is 5.75 Å².